The number of carbonyl (C=O) groups excluding carboxylic acids is 2. The van der Waals surface area contributed by atoms with Gasteiger partial charge in [0.2, 0.25) is 10.0 Å². The van der Waals surface area contributed by atoms with Gasteiger partial charge in [0.25, 0.3) is 11.8 Å². The van der Waals surface area contributed by atoms with Crippen LogP contribution in [0.1, 0.15) is 84.9 Å². The molecule has 0 unspecified atom stereocenters. The van der Waals surface area contributed by atoms with Crippen LogP contribution in [0.3, 0.4) is 0 Å². The van der Waals surface area contributed by atoms with Crippen LogP contribution in [0.25, 0.3) is 0 Å². The number of anilines is 1. The van der Waals surface area contributed by atoms with Crippen molar-refractivity contribution in [3.8, 4) is 0 Å². The van der Waals surface area contributed by atoms with Crippen LogP contribution in [0.2, 0.25) is 0 Å². The Morgan fingerprint density at radius 2 is 1.48 bits per heavy atom. The maximum atomic E-state index is 14.1. The minimum atomic E-state index is -3.83. The van der Waals surface area contributed by atoms with Crippen molar-refractivity contribution < 1.29 is 31.9 Å². The van der Waals surface area contributed by atoms with E-state index in [0.29, 0.717) is 32.5 Å². The summed E-state index contributed by atoms with van der Waals surface area (Å²) < 4.78 is 56.2. The maximum Gasteiger partial charge on any atom is 0.253 e. The van der Waals surface area contributed by atoms with Gasteiger partial charge in [-0.1, -0.05) is 45.0 Å². The Morgan fingerprint density at radius 1 is 0.854 bits per heavy atom. The normalized spacial score (nSPS) is 12.9. The minimum absolute atomic E-state index is 0.0257. The highest BCUT2D eigenvalue weighted by Gasteiger charge is 2.26. The van der Waals surface area contributed by atoms with Gasteiger partial charge >= 0.3 is 0 Å². The van der Waals surface area contributed by atoms with Crippen LogP contribution in [0.4, 0.5) is 14.5 Å². The number of hydrogen-bond donors (Lipinski definition) is 4. The fourth-order valence-corrected chi connectivity index (χ4v) is 5.93. The quantitative estimate of drug-likeness (QED) is 0.141. The lowest BCUT2D eigenvalue weighted by Gasteiger charge is -2.26. The van der Waals surface area contributed by atoms with Crippen molar-refractivity contribution in [2.24, 2.45) is 0 Å². The molecule has 3 rings (SSSR count). The molecule has 0 radical (unpaired) electrons. The first-order valence-electron chi connectivity index (χ1n) is 16.4. The molecule has 0 saturated carbocycles. The van der Waals surface area contributed by atoms with Crippen LogP contribution in [-0.2, 0) is 29.4 Å². The summed E-state index contributed by atoms with van der Waals surface area (Å²) >= 11 is 0. The highest BCUT2D eigenvalue weighted by Crippen LogP contribution is 2.21. The van der Waals surface area contributed by atoms with E-state index in [1.54, 1.807) is 4.90 Å². The molecule has 3 aromatic carbocycles. The third-order valence-electron chi connectivity index (χ3n) is 7.84. The van der Waals surface area contributed by atoms with Gasteiger partial charge in [-0.05, 0) is 86.6 Å². The summed E-state index contributed by atoms with van der Waals surface area (Å²) in [5.74, 6) is -2.66. The number of halogens is 2. The number of carbonyl (C=O) groups is 2. The zero-order chi connectivity index (χ0) is 35.4. The maximum absolute atomic E-state index is 14.1. The summed E-state index contributed by atoms with van der Waals surface area (Å²) in [7, 11) is -3.83. The van der Waals surface area contributed by atoms with Gasteiger partial charge < -0.3 is 20.6 Å². The van der Waals surface area contributed by atoms with E-state index in [-0.39, 0.29) is 41.3 Å². The topological polar surface area (TPSA) is 128 Å². The Hall–Kier alpha value is -3.87. The standard InChI is InChI=1S/C36H48F2N4O5S/c1-6-12-42(13-7-2)36(45)29-18-28(19-32(20-29)41-48(46,47)24(4)5)35(44)40-33(17-27-15-30(37)21-31(38)16-27)34(43)23-39-22-26-11-9-10-25(8-3)14-26/h9-11,14-16,18-21,24,33-34,39,41,43H,6-8,12-13,17,22-23H2,1-5H3,(H,40,44)/t33-,34+/m0/s1. The van der Waals surface area contributed by atoms with Crippen molar-refractivity contribution in [2.75, 3.05) is 24.4 Å². The molecule has 0 aliphatic heterocycles. The number of rotatable bonds is 18. The van der Waals surface area contributed by atoms with Crippen molar-refractivity contribution >= 4 is 27.5 Å². The molecule has 9 nitrogen and oxygen atoms in total. The summed E-state index contributed by atoms with van der Waals surface area (Å²) in [6.45, 7) is 10.4. The molecular weight excluding hydrogens is 638 g/mol. The summed E-state index contributed by atoms with van der Waals surface area (Å²) in [4.78, 5) is 29.0. The predicted molar refractivity (Wildman–Crippen MR) is 185 cm³/mol. The number of sulfonamides is 1. The molecule has 0 saturated heterocycles. The fraction of sp³-hybridized carbons (Fsp3) is 0.444. The van der Waals surface area contributed by atoms with Crippen molar-refractivity contribution in [2.45, 2.75) is 84.2 Å². The Bertz CT molecular complexity index is 1620. The van der Waals surface area contributed by atoms with E-state index in [9.17, 15) is 31.9 Å². The largest absolute Gasteiger partial charge is 0.390 e. The van der Waals surface area contributed by atoms with Crippen LogP contribution in [-0.4, -0.2) is 67.3 Å². The van der Waals surface area contributed by atoms with Crippen molar-refractivity contribution in [3.63, 3.8) is 0 Å². The smallest absolute Gasteiger partial charge is 0.253 e. The van der Waals surface area contributed by atoms with E-state index < -0.39 is 45.0 Å². The molecule has 0 aliphatic carbocycles. The Kier molecular flexibility index (Phi) is 14.5. The number of aryl methyl sites for hydroxylation is 1. The number of benzene rings is 3. The summed E-state index contributed by atoms with van der Waals surface area (Å²) in [6.07, 6.45) is 0.981. The Morgan fingerprint density at radius 3 is 2.08 bits per heavy atom. The number of aliphatic hydroxyl groups is 1. The second-order valence-electron chi connectivity index (χ2n) is 12.2. The van der Waals surface area contributed by atoms with Gasteiger partial charge in [-0.2, -0.15) is 0 Å². The highest BCUT2D eigenvalue weighted by atomic mass is 32.2. The van der Waals surface area contributed by atoms with Gasteiger partial charge in [0.15, 0.2) is 0 Å². The van der Waals surface area contributed by atoms with E-state index in [1.165, 1.54) is 32.0 Å². The van der Waals surface area contributed by atoms with Crippen molar-refractivity contribution in [1.29, 1.82) is 0 Å². The van der Waals surface area contributed by atoms with E-state index in [0.717, 1.165) is 35.7 Å². The molecule has 0 aliphatic rings. The van der Waals surface area contributed by atoms with Crippen LogP contribution in [0.15, 0.2) is 60.7 Å². The molecule has 2 amide bonds. The third-order valence-corrected chi connectivity index (χ3v) is 9.60. The van der Waals surface area contributed by atoms with E-state index in [2.05, 4.69) is 28.3 Å². The van der Waals surface area contributed by atoms with Gasteiger partial charge in [0.1, 0.15) is 11.6 Å². The lowest BCUT2D eigenvalue weighted by molar-refractivity contribution is 0.0755. The fourth-order valence-electron chi connectivity index (χ4n) is 5.24. The first kappa shape index (κ1) is 38.6. The molecule has 48 heavy (non-hydrogen) atoms. The van der Waals surface area contributed by atoms with Gasteiger partial charge in [-0.25, -0.2) is 17.2 Å². The SMILES string of the molecule is CCCN(CCC)C(=O)c1cc(NS(=O)(=O)C(C)C)cc(C(=O)N[C@@H](Cc2cc(F)cc(F)c2)[C@H](O)CNCc2cccc(CC)c2)c1. The number of nitrogens with one attached hydrogen (secondary N) is 3. The van der Waals surface area contributed by atoms with Crippen LogP contribution >= 0.6 is 0 Å². The van der Waals surface area contributed by atoms with Crippen molar-refractivity contribution in [1.82, 2.24) is 15.5 Å². The number of hydrogen-bond acceptors (Lipinski definition) is 6. The van der Waals surface area contributed by atoms with Gasteiger partial charge in [0.05, 0.1) is 23.1 Å². The zero-order valence-electron chi connectivity index (χ0n) is 28.4. The molecule has 3 aromatic rings. The van der Waals surface area contributed by atoms with E-state index in [1.807, 2.05) is 32.0 Å². The van der Waals surface area contributed by atoms with Gasteiger partial charge in [0, 0.05) is 43.4 Å². The first-order chi connectivity index (χ1) is 22.8. The zero-order valence-corrected chi connectivity index (χ0v) is 29.2. The lowest BCUT2D eigenvalue weighted by atomic mass is 9.99. The molecule has 0 bridgehead atoms. The molecular formula is C36H48F2N4O5S. The van der Waals surface area contributed by atoms with Crippen LogP contribution < -0.4 is 15.4 Å². The molecule has 262 valence electrons. The Balaban J connectivity index is 1.94. The molecule has 0 heterocycles. The summed E-state index contributed by atoms with van der Waals surface area (Å²) in [5, 5.41) is 16.4. The van der Waals surface area contributed by atoms with E-state index >= 15 is 0 Å². The molecule has 4 N–H and O–H groups in total. The predicted octanol–water partition coefficient (Wildman–Crippen LogP) is 5.43. The van der Waals surface area contributed by atoms with E-state index in [4.69, 9.17) is 0 Å². The molecule has 2 atom stereocenters. The van der Waals surface area contributed by atoms with Crippen LogP contribution in [0.5, 0.6) is 0 Å². The second-order valence-corrected chi connectivity index (χ2v) is 14.5. The number of aliphatic hydroxyl groups excluding tert-OH is 1. The van der Waals surface area contributed by atoms with Gasteiger partial charge in [-0.15, -0.1) is 0 Å². The minimum Gasteiger partial charge on any atom is -0.390 e. The third kappa shape index (κ3) is 11.4. The molecule has 0 aromatic heterocycles. The number of nitrogens with zero attached hydrogens (tertiary/aromatic N) is 1. The average molecular weight is 687 g/mol. The highest BCUT2D eigenvalue weighted by molar-refractivity contribution is 7.93. The monoisotopic (exact) mass is 686 g/mol. The molecule has 0 spiro atoms. The molecule has 12 heteroatoms. The lowest BCUT2D eigenvalue weighted by Crippen LogP contribution is -2.48. The van der Waals surface area contributed by atoms with Crippen LogP contribution in [0, 0.1) is 11.6 Å². The summed E-state index contributed by atoms with van der Waals surface area (Å²) in [5.41, 5.74) is 2.52. The average Bonchev–Trinajstić information content (AvgIpc) is 3.03. The molecule has 0 fully saturated rings. The first-order valence-corrected chi connectivity index (χ1v) is 18.0. The number of amides is 2. The van der Waals surface area contributed by atoms with Gasteiger partial charge in [-0.3, -0.25) is 14.3 Å². The second kappa shape index (κ2) is 18.0. The Labute approximate surface area is 283 Å². The summed E-state index contributed by atoms with van der Waals surface area (Å²) in [6, 6.07) is 14.1. The van der Waals surface area contributed by atoms with Crippen molar-refractivity contribution in [3.05, 3.63) is 100 Å².